The second-order valence-electron chi connectivity index (χ2n) is 9.43. The van der Waals surface area contributed by atoms with E-state index in [1.54, 1.807) is 4.57 Å². The van der Waals surface area contributed by atoms with Crippen molar-refractivity contribution in [2.24, 2.45) is 11.7 Å². The number of nitrogens with zero attached hydrogens (tertiary/aromatic N) is 4. The number of rotatable bonds is 6. The van der Waals surface area contributed by atoms with E-state index in [9.17, 15) is 22.4 Å². The highest BCUT2D eigenvalue weighted by atomic mass is 35.5. The molecule has 0 spiro atoms. The number of hydrogen-bond donors (Lipinski definition) is 3. The first-order valence-electron chi connectivity index (χ1n) is 11.7. The highest BCUT2D eigenvalue weighted by molar-refractivity contribution is 6.33. The molecule has 0 radical (unpaired) electrons. The van der Waals surface area contributed by atoms with Gasteiger partial charge < -0.3 is 16.4 Å². The number of fused-ring (bicyclic) bond motifs is 1. The molecule has 2 saturated carbocycles. The number of nitrogens with two attached hydrogens (primary N) is 1. The molecule has 2 heterocycles. The van der Waals surface area contributed by atoms with Crippen LogP contribution in [-0.2, 0) is 4.79 Å². The summed E-state index contributed by atoms with van der Waals surface area (Å²) < 4.78 is 57.2. The van der Waals surface area contributed by atoms with Gasteiger partial charge in [0.2, 0.25) is 23.7 Å². The fourth-order valence-electron chi connectivity index (χ4n) is 5.04. The minimum Gasteiger partial charge on any atom is -0.369 e. The molecule has 1 amide bonds. The molecule has 192 valence electrons. The minimum absolute atomic E-state index is 0.153. The lowest BCUT2D eigenvalue weighted by Crippen LogP contribution is -2.29. The predicted molar refractivity (Wildman–Crippen MR) is 126 cm³/mol. The summed E-state index contributed by atoms with van der Waals surface area (Å²) in [6.07, 6.45) is 3.50. The molecule has 3 aromatic rings. The Bertz CT molecular complexity index is 1290. The largest absolute Gasteiger partial charge is 0.369 e. The van der Waals surface area contributed by atoms with Crippen molar-refractivity contribution in [3.63, 3.8) is 0 Å². The molecule has 0 aliphatic heterocycles. The Balaban J connectivity index is 1.52. The van der Waals surface area contributed by atoms with Crippen LogP contribution in [0.1, 0.15) is 51.0 Å². The third kappa shape index (κ3) is 4.91. The number of hydrogen-bond acceptors (Lipinski definition) is 6. The van der Waals surface area contributed by atoms with Crippen molar-refractivity contribution in [3.05, 3.63) is 35.0 Å². The normalized spacial score (nSPS) is 23.6. The highest BCUT2D eigenvalue weighted by Gasteiger charge is 2.39. The molecule has 1 atom stereocenters. The molecule has 0 unspecified atom stereocenters. The van der Waals surface area contributed by atoms with Crippen LogP contribution < -0.4 is 16.4 Å². The number of nitrogens with one attached hydrogen (secondary N) is 2. The first kappa shape index (κ1) is 24.5. The van der Waals surface area contributed by atoms with Gasteiger partial charge in [0, 0.05) is 36.9 Å². The molecular weight excluding hydrogens is 502 g/mol. The number of primary amides is 1. The number of alkyl halides is 2. The summed E-state index contributed by atoms with van der Waals surface area (Å²) in [6.45, 7) is 0. The van der Waals surface area contributed by atoms with Crippen LogP contribution in [0, 0.1) is 17.6 Å². The maximum absolute atomic E-state index is 14.5. The van der Waals surface area contributed by atoms with Gasteiger partial charge >= 0.3 is 0 Å². The van der Waals surface area contributed by atoms with Crippen molar-refractivity contribution >= 4 is 46.3 Å². The maximum atomic E-state index is 14.5. The Morgan fingerprint density at radius 2 is 1.89 bits per heavy atom. The van der Waals surface area contributed by atoms with Crippen LogP contribution in [0.5, 0.6) is 0 Å². The van der Waals surface area contributed by atoms with Gasteiger partial charge in [0.05, 0.1) is 16.9 Å². The van der Waals surface area contributed by atoms with Gasteiger partial charge in [-0.25, -0.2) is 27.5 Å². The zero-order chi connectivity index (χ0) is 25.6. The molecule has 8 nitrogen and oxygen atoms in total. The van der Waals surface area contributed by atoms with Crippen molar-refractivity contribution < 1.29 is 22.4 Å². The molecule has 36 heavy (non-hydrogen) atoms. The van der Waals surface area contributed by atoms with E-state index in [0.29, 0.717) is 49.3 Å². The molecule has 2 aliphatic carbocycles. The minimum atomic E-state index is -2.72. The molecule has 0 bridgehead atoms. The first-order chi connectivity index (χ1) is 17.1. The standard InChI is InChI=1S/C23H24ClF4N7O/c24-15-7-12(25)8-16(26)18(15)33-22-32-17-10-30-21(31-13-5-6-23(27,28)9-13)34-20(17)35(22)14-3-1-11(2-4-14)19(29)36/h7-8,10-11,13-14H,1-6,9H2,(H2,29,36)(H,32,33)(H,30,31,34)/t11?,13-,14?/m0/s1. The van der Waals surface area contributed by atoms with Crippen LogP contribution in [0.2, 0.25) is 5.02 Å². The van der Waals surface area contributed by atoms with Crippen LogP contribution in [0.15, 0.2) is 18.3 Å². The van der Waals surface area contributed by atoms with Crippen molar-refractivity contribution in [1.82, 2.24) is 19.5 Å². The zero-order valence-electron chi connectivity index (χ0n) is 19.1. The van der Waals surface area contributed by atoms with Crippen molar-refractivity contribution in [1.29, 1.82) is 0 Å². The summed E-state index contributed by atoms with van der Waals surface area (Å²) in [5.74, 6) is -4.66. The van der Waals surface area contributed by atoms with Gasteiger partial charge in [0.1, 0.15) is 11.3 Å². The van der Waals surface area contributed by atoms with Gasteiger partial charge in [0.15, 0.2) is 11.5 Å². The average Bonchev–Trinajstić information content (AvgIpc) is 3.34. The van der Waals surface area contributed by atoms with E-state index in [1.807, 2.05) is 0 Å². The monoisotopic (exact) mass is 525 g/mol. The quantitative estimate of drug-likeness (QED) is 0.376. The smallest absolute Gasteiger partial charge is 0.250 e. The lowest BCUT2D eigenvalue weighted by atomic mass is 9.85. The molecule has 4 N–H and O–H groups in total. The van der Waals surface area contributed by atoms with Gasteiger partial charge in [-0.3, -0.25) is 9.36 Å². The second-order valence-corrected chi connectivity index (χ2v) is 9.83. The lowest BCUT2D eigenvalue weighted by molar-refractivity contribution is -0.122. The van der Waals surface area contributed by atoms with E-state index in [4.69, 9.17) is 17.3 Å². The van der Waals surface area contributed by atoms with E-state index in [0.717, 1.165) is 6.07 Å². The number of anilines is 3. The van der Waals surface area contributed by atoms with E-state index in [2.05, 4.69) is 25.6 Å². The number of carbonyl (C=O) groups excluding carboxylic acids is 1. The number of halogens is 5. The van der Waals surface area contributed by atoms with E-state index in [-0.39, 0.29) is 53.3 Å². The molecule has 13 heteroatoms. The van der Waals surface area contributed by atoms with Crippen LogP contribution >= 0.6 is 11.6 Å². The Morgan fingerprint density at radius 1 is 1.14 bits per heavy atom. The highest BCUT2D eigenvalue weighted by Crippen LogP contribution is 2.39. The average molecular weight is 526 g/mol. The van der Waals surface area contributed by atoms with E-state index >= 15 is 0 Å². The number of aromatic nitrogens is 4. The first-order valence-corrected chi connectivity index (χ1v) is 12.1. The SMILES string of the molecule is NC(=O)C1CCC(n2c(Nc3c(F)cc(F)cc3Cl)nc3cnc(N[C@H]4CCC(F)(F)C4)nc32)CC1. The van der Waals surface area contributed by atoms with Gasteiger partial charge in [-0.15, -0.1) is 0 Å². The van der Waals surface area contributed by atoms with Crippen molar-refractivity contribution in [2.45, 2.75) is 63.0 Å². The number of carbonyl (C=O) groups is 1. The fraction of sp³-hybridized carbons (Fsp3) is 0.478. The number of benzene rings is 1. The van der Waals surface area contributed by atoms with Crippen LogP contribution in [0.4, 0.5) is 35.1 Å². The summed E-state index contributed by atoms with van der Waals surface area (Å²) in [5, 5.41) is 5.67. The molecule has 1 aromatic carbocycles. The second kappa shape index (κ2) is 9.38. The summed E-state index contributed by atoms with van der Waals surface area (Å²) >= 11 is 6.09. The van der Waals surface area contributed by atoms with Gasteiger partial charge in [-0.05, 0) is 38.2 Å². The van der Waals surface area contributed by atoms with Gasteiger partial charge in [-0.1, -0.05) is 11.6 Å². The van der Waals surface area contributed by atoms with Crippen molar-refractivity contribution in [2.75, 3.05) is 10.6 Å². The topological polar surface area (TPSA) is 111 Å². The van der Waals surface area contributed by atoms with Crippen LogP contribution in [0.25, 0.3) is 11.2 Å². The third-order valence-electron chi connectivity index (χ3n) is 6.88. The van der Waals surface area contributed by atoms with Gasteiger partial charge in [-0.2, -0.15) is 4.98 Å². The van der Waals surface area contributed by atoms with Crippen LogP contribution in [0.3, 0.4) is 0 Å². The van der Waals surface area contributed by atoms with E-state index < -0.39 is 23.6 Å². The maximum Gasteiger partial charge on any atom is 0.250 e. The Hall–Kier alpha value is -3.15. The summed E-state index contributed by atoms with van der Waals surface area (Å²) in [5.41, 5.74) is 6.11. The lowest BCUT2D eigenvalue weighted by Gasteiger charge is -2.29. The molecule has 2 fully saturated rings. The Labute approximate surface area is 208 Å². The number of imidazole rings is 1. The summed E-state index contributed by atoms with van der Waals surface area (Å²) in [7, 11) is 0. The third-order valence-corrected chi connectivity index (χ3v) is 7.18. The fourth-order valence-corrected chi connectivity index (χ4v) is 5.28. The summed E-state index contributed by atoms with van der Waals surface area (Å²) in [6, 6.07) is 1.05. The predicted octanol–water partition coefficient (Wildman–Crippen LogP) is 5.32. The molecule has 2 aliphatic rings. The summed E-state index contributed by atoms with van der Waals surface area (Å²) in [4.78, 5) is 24.9. The molecular formula is C23H24ClF4N7O. The molecule has 2 aromatic heterocycles. The van der Waals surface area contributed by atoms with Gasteiger partial charge in [0.25, 0.3) is 0 Å². The number of amides is 1. The van der Waals surface area contributed by atoms with E-state index in [1.165, 1.54) is 6.20 Å². The van der Waals surface area contributed by atoms with Crippen LogP contribution in [-0.4, -0.2) is 37.4 Å². The molecule has 0 saturated heterocycles. The Kier molecular flexibility index (Phi) is 6.39. The molecule has 5 rings (SSSR count). The Morgan fingerprint density at radius 3 is 2.53 bits per heavy atom. The zero-order valence-corrected chi connectivity index (χ0v) is 19.8. The van der Waals surface area contributed by atoms with Crippen molar-refractivity contribution in [3.8, 4) is 0 Å².